The van der Waals surface area contributed by atoms with E-state index in [0.717, 1.165) is 10.9 Å². The number of nitrogens with two attached hydrogens (primary N) is 1. The molecule has 4 heteroatoms. The quantitative estimate of drug-likeness (QED) is 0.897. The van der Waals surface area contributed by atoms with Gasteiger partial charge in [0.15, 0.2) is 0 Å². The molecule has 3 unspecified atom stereocenters. The molecule has 0 amide bonds. The lowest BCUT2D eigenvalue weighted by molar-refractivity contribution is -0.0142. The molecular weight excluding hydrogens is 274 g/mol. The summed E-state index contributed by atoms with van der Waals surface area (Å²) in [6.07, 6.45) is 1.27. The fourth-order valence-corrected chi connectivity index (χ4v) is 2.87. The maximum Gasteiger partial charge on any atom is 0.107 e. The molecule has 2 nitrogen and oxygen atoms in total. The first-order valence-electron chi connectivity index (χ1n) is 5.19. The zero-order chi connectivity index (χ0) is 11.4. The van der Waals surface area contributed by atoms with Gasteiger partial charge < -0.3 is 10.5 Å². The van der Waals surface area contributed by atoms with Crippen molar-refractivity contribution < 1.29 is 4.74 Å². The van der Waals surface area contributed by atoms with Gasteiger partial charge in [-0.1, -0.05) is 6.92 Å². The van der Waals surface area contributed by atoms with Gasteiger partial charge in [-0.15, -0.1) is 11.3 Å². The summed E-state index contributed by atoms with van der Waals surface area (Å²) in [5.41, 5.74) is 5.95. The molecule has 3 atom stereocenters. The highest BCUT2D eigenvalue weighted by Gasteiger charge is 2.20. The number of rotatable bonds is 5. The number of thiophene rings is 1. The third kappa shape index (κ3) is 3.87. The second kappa shape index (κ2) is 5.99. The van der Waals surface area contributed by atoms with Crippen LogP contribution in [0, 0.1) is 0 Å². The van der Waals surface area contributed by atoms with E-state index in [1.165, 1.54) is 4.88 Å². The van der Waals surface area contributed by atoms with Crippen LogP contribution >= 0.6 is 27.3 Å². The van der Waals surface area contributed by atoms with Crippen LogP contribution < -0.4 is 5.73 Å². The van der Waals surface area contributed by atoms with Crippen LogP contribution in [0.2, 0.25) is 0 Å². The molecule has 1 aromatic heterocycles. The average molecular weight is 292 g/mol. The second-order valence-corrected chi connectivity index (χ2v) is 5.66. The highest BCUT2D eigenvalue weighted by molar-refractivity contribution is 9.10. The van der Waals surface area contributed by atoms with Crippen molar-refractivity contribution in [2.75, 3.05) is 0 Å². The molecule has 1 aromatic rings. The molecule has 0 bridgehead atoms. The molecule has 1 heterocycles. The summed E-state index contributed by atoms with van der Waals surface area (Å²) in [6, 6.07) is 2.10. The second-order valence-electron chi connectivity index (χ2n) is 3.80. The first-order chi connectivity index (χ1) is 7.04. The first kappa shape index (κ1) is 13.2. The van der Waals surface area contributed by atoms with Crippen LogP contribution in [0.15, 0.2) is 15.9 Å². The van der Waals surface area contributed by atoms with E-state index in [2.05, 4.69) is 41.2 Å². The van der Waals surface area contributed by atoms with E-state index in [0.29, 0.717) is 0 Å². The molecule has 86 valence electrons. The fraction of sp³-hybridized carbons (Fsp3) is 0.636. The van der Waals surface area contributed by atoms with Gasteiger partial charge in [0.2, 0.25) is 0 Å². The number of hydrogen-bond donors (Lipinski definition) is 1. The molecular formula is C11H18BrNOS. The Balaban J connectivity index is 2.74. The van der Waals surface area contributed by atoms with E-state index in [1.54, 1.807) is 11.3 Å². The van der Waals surface area contributed by atoms with Crippen LogP contribution in [0.25, 0.3) is 0 Å². The summed E-state index contributed by atoms with van der Waals surface area (Å²) in [4.78, 5) is 1.19. The minimum atomic E-state index is 0.0104. The van der Waals surface area contributed by atoms with Crippen molar-refractivity contribution in [3.05, 3.63) is 20.8 Å². The smallest absolute Gasteiger partial charge is 0.107 e. The SMILES string of the molecule is CCC(C)OC(c1cc(Br)cs1)C(C)N. The van der Waals surface area contributed by atoms with Gasteiger partial charge in [-0.05, 0) is 42.3 Å². The van der Waals surface area contributed by atoms with E-state index in [9.17, 15) is 0 Å². The Labute approximate surface area is 104 Å². The van der Waals surface area contributed by atoms with E-state index in [-0.39, 0.29) is 18.2 Å². The molecule has 0 saturated heterocycles. The number of halogens is 1. The van der Waals surface area contributed by atoms with Gasteiger partial charge in [0, 0.05) is 20.8 Å². The lowest BCUT2D eigenvalue weighted by Gasteiger charge is -2.23. The monoisotopic (exact) mass is 291 g/mol. The van der Waals surface area contributed by atoms with Crippen LogP contribution in [0.1, 0.15) is 38.2 Å². The van der Waals surface area contributed by atoms with Crippen molar-refractivity contribution in [2.24, 2.45) is 5.73 Å². The Morgan fingerprint density at radius 3 is 2.60 bits per heavy atom. The molecule has 15 heavy (non-hydrogen) atoms. The lowest BCUT2D eigenvalue weighted by Crippen LogP contribution is -2.28. The largest absolute Gasteiger partial charge is 0.368 e. The van der Waals surface area contributed by atoms with Crippen LogP contribution in [-0.2, 0) is 4.74 Å². The maximum absolute atomic E-state index is 5.95. The standard InChI is InChI=1S/C11H18BrNOS/c1-4-7(2)14-11(8(3)13)10-5-9(12)6-15-10/h5-8,11H,4,13H2,1-3H3. The van der Waals surface area contributed by atoms with Crippen molar-refractivity contribution in [2.45, 2.75) is 45.4 Å². The van der Waals surface area contributed by atoms with Crippen molar-refractivity contribution in [3.63, 3.8) is 0 Å². The normalized spacial score (nSPS) is 17.4. The van der Waals surface area contributed by atoms with Crippen LogP contribution in [0.5, 0.6) is 0 Å². The van der Waals surface area contributed by atoms with Crippen LogP contribution in [0.4, 0.5) is 0 Å². The zero-order valence-corrected chi connectivity index (χ0v) is 11.8. The van der Waals surface area contributed by atoms with E-state index in [4.69, 9.17) is 10.5 Å². The third-order valence-electron chi connectivity index (χ3n) is 2.30. The first-order valence-corrected chi connectivity index (χ1v) is 6.86. The van der Waals surface area contributed by atoms with Gasteiger partial charge in [-0.2, -0.15) is 0 Å². The lowest BCUT2D eigenvalue weighted by atomic mass is 10.1. The molecule has 0 spiro atoms. The highest BCUT2D eigenvalue weighted by atomic mass is 79.9. The molecule has 2 N–H and O–H groups in total. The minimum Gasteiger partial charge on any atom is -0.368 e. The molecule has 0 fully saturated rings. The Hall–Kier alpha value is 0.1000. The molecule has 0 aliphatic rings. The summed E-state index contributed by atoms with van der Waals surface area (Å²) >= 11 is 5.13. The summed E-state index contributed by atoms with van der Waals surface area (Å²) in [6.45, 7) is 6.19. The van der Waals surface area contributed by atoms with Crippen molar-refractivity contribution in [1.82, 2.24) is 0 Å². The predicted molar refractivity (Wildman–Crippen MR) is 69.2 cm³/mol. The van der Waals surface area contributed by atoms with Crippen molar-refractivity contribution >= 4 is 27.3 Å². The number of hydrogen-bond acceptors (Lipinski definition) is 3. The van der Waals surface area contributed by atoms with Crippen molar-refractivity contribution in [3.8, 4) is 0 Å². The van der Waals surface area contributed by atoms with E-state index in [1.807, 2.05) is 6.92 Å². The van der Waals surface area contributed by atoms with E-state index >= 15 is 0 Å². The van der Waals surface area contributed by atoms with Crippen LogP contribution in [0.3, 0.4) is 0 Å². The molecule has 0 aliphatic heterocycles. The van der Waals surface area contributed by atoms with Gasteiger partial charge in [-0.3, -0.25) is 0 Å². The number of ether oxygens (including phenoxy) is 1. The topological polar surface area (TPSA) is 35.2 Å². The molecule has 0 aliphatic carbocycles. The zero-order valence-electron chi connectivity index (χ0n) is 9.37. The summed E-state index contributed by atoms with van der Waals surface area (Å²) < 4.78 is 7.02. The van der Waals surface area contributed by atoms with Gasteiger partial charge in [-0.25, -0.2) is 0 Å². The Morgan fingerprint density at radius 2 is 2.20 bits per heavy atom. The van der Waals surface area contributed by atoms with Crippen LogP contribution in [-0.4, -0.2) is 12.1 Å². The Morgan fingerprint density at radius 1 is 1.53 bits per heavy atom. The average Bonchev–Trinajstić information content (AvgIpc) is 2.60. The third-order valence-corrected chi connectivity index (χ3v) is 4.05. The summed E-state index contributed by atoms with van der Waals surface area (Å²) in [5.74, 6) is 0. The molecule has 1 rings (SSSR count). The van der Waals surface area contributed by atoms with Crippen molar-refractivity contribution in [1.29, 1.82) is 0 Å². The maximum atomic E-state index is 5.95. The Kier molecular flexibility index (Phi) is 5.26. The Bertz CT molecular complexity index is 301. The fourth-order valence-electron chi connectivity index (χ4n) is 1.27. The predicted octanol–water partition coefficient (Wildman–Crippen LogP) is 3.71. The van der Waals surface area contributed by atoms with E-state index < -0.39 is 0 Å². The van der Waals surface area contributed by atoms with Gasteiger partial charge >= 0.3 is 0 Å². The molecule has 0 aromatic carbocycles. The molecule has 0 radical (unpaired) electrons. The van der Waals surface area contributed by atoms with Gasteiger partial charge in [0.25, 0.3) is 0 Å². The molecule has 0 saturated carbocycles. The van der Waals surface area contributed by atoms with Gasteiger partial charge in [0.05, 0.1) is 6.10 Å². The minimum absolute atomic E-state index is 0.0104. The van der Waals surface area contributed by atoms with Gasteiger partial charge in [0.1, 0.15) is 6.10 Å². The summed E-state index contributed by atoms with van der Waals surface area (Å²) in [7, 11) is 0. The highest BCUT2D eigenvalue weighted by Crippen LogP contribution is 2.30. The summed E-state index contributed by atoms with van der Waals surface area (Å²) in [5, 5.41) is 2.06.